The van der Waals surface area contributed by atoms with Gasteiger partial charge in [-0.25, -0.2) is 0 Å². The number of carbonyl (C=O) groups excluding carboxylic acids is 1. The van der Waals surface area contributed by atoms with E-state index in [0.717, 1.165) is 25.9 Å². The van der Waals surface area contributed by atoms with E-state index in [1.807, 2.05) is 0 Å². The molecule has 148 valence electrons. The maximum atomic E-state index is 12.5. The van der Waals surface area contributed by atoms with Crippen molar-refractivity contribution in [2.45, 2.75) is 37.4 Å². The molecule has 8 heteroatoms. The zero-order valence-electron chi connectivity index (χ0n) is 15.6. The number of amides is 1. The summed E-state index contributed by atoms with van der Waals surface area (Å²) in [5, 5.41) is 6.68. The van der Waals surface area contributed by atoms with Crippen molar-refractivity contribution in [3.05, 3.63) is 36.0 Å². The van der Waals surface area contributed by atoms with Gasteiger partial charge < -0.3 is 29.4 Å². The number of ether oxygens (including phenoxy) is 2. The number of nitrogens with one attached hydrogen (secondary N) is 2. The number of oxazole rings is 1. The molecule has 3 aliphatic rings. The van der Waals surface area contributed by atoms with Gasteiger partial charge in [0, 0.05) is 36.8 Å². The minimum absolute atomic E-state index is 0.0448. The van der Waals surface area contributed by atoms with E-state index in [2.05, 4.69) is 20.5 Å². The molecule has 0 spiro atoms. The van der Waals surface area contributed by atoms with Crippen LogP contribution in [0.1, 0.15) is 29.6 Å². The molecule has 5 rings (SSSR count). The van der Waals surface area contributed by atoms with Crippen molar-refractivity contribution < 1.29 is 18.7 Å². The van der Waals surface area contributed by atoms with Gasteiger partial charge in [0.05, 0.1) is 19.4 Å². The van der Waals surface area contributed by atoms with Gasteiger partial charge in [-0.1, -0.05) is 0 Å². The third-order valence-electron chi connectivity index (χ3n) is 5.73. The molecule has 3 saturated heterocycles. The highest BCUT2D eigenvalue weighted by atomic mass is 16.6. The number of nitrogens with zero attached hydrogens (tertiary/aromatic N) is 2. The van der Waals surface area contributed by atoms with Crippen molar-refractivity contribution in [2.75, 3.05) is 31.2 Å². The second kappa shape index (κ2) is 7.44. The quantitative estimate of drug-likeness (QED) is 0.814. The summed E-state index contributed by atoms with van der Waals surface area (Å²) < 4.78 is 16.7. The van der Waals surface area contributed by atoms with E-state index in [9.17, 15) is 4.79 Å². The second-order valence-corrected chi connectivity index (χ2v) is 7.55. The summed E-state index contributed by atoms with van der Waals surface area (Å²) in [6.07, 6.45) is 5.23. The van der Waals surface area contributed by atoms with Gasteiger partial charge in [0.2, 0.25) is 5.88 Å². The van der Waals surface area contributed by atoms with Gasteiger partial charge in [0.15, 0.2) is 0 Å². The maximum Gasteiger partial charge on any atom is 0.400 e. The molecule has 4 heterocycles. The molecular formula is C20H24N4O4. The number of fused-ring (bicyclic) bond motifs is 2. The van der Waals surface area contributed by atoms with Crippen LogP contribution in [-0.2, 0) is 4.74 Å². The van der Waals surface area contributed by atoms with Gasteiger partial charge in [-0.3, -0.25) is 4.79 Å². The fourth-order valence-electron chi connectivity index (χ4n) is 4.24. The van der Waals surface area contributed by atoms with Crippen molar-refractivity contribution >= 4 is 11.8 Å². The fourth-order valence-corrected chi connectivity index (χ4v) is 4.24. The highest BCUT2D eigenvalue weighted by Crippen LogP contribution is 2.29. The molecule has 1 aromatic carbocycles. The van der Waals surface area contributed by atoms with Crippen LogP contribution in [0.5, 0.6) is 11.8 Å². The van der Waals surface area contributed by atoms with Gasteiger partial charge in [-0.2, -0.15) is 4.98 Å². The van der Waals surface area contributed by atoms with Crippen LogP contribution in [0.3, 0.4) is 0 Å². The first-order valence-corrected chi connectivity index (χ1v) is 9.88. The van der Waals surface area contributed by atoms with Crippen LogP contribution in [0.25, 0.3) is 0 Å². The van der Waals surface area contributed by atoms with Gasteiger partial charge in [-0.05, 0) is 43.5 Å². The van der Waals surface area contributed by atoms with Gasteiger partial charge in [0.25, 0.3) is 5.91 Å². The van der Waals surface area contributed by atoms with Crippen molar-refractivity contribution in [3.63, 3.8) is 0 Å². The van der Waals surface area contributed by atoms with Gasteiger partial charge >= 0.3 is 6.08 Å². The lowest BCUT2D eigenvalue weighted by Gasteiger charge is -2.25. The molecule has 1 amide bonds. The molecule has 0 saturated carbocycles. The summed E-state index contributed by atoms with van der Waals surface area (Å²) in [4.78, 5) is 18.7. The van der Waals surface area contributed by atoms with Crippen LogP contribution in [-0.4, -0.2) is 55.3 Å². The van der Waals surface area contributed by atoms with E-state index < -0.39 is 0 Å². The predicted molar refractivity (Wildman–Crippen MR) is 102 cm³/mol. The SMILES string of the molecule is O=C(N[C@@H]1C[C@H]2CC[C@@H]1N2)c1ccc(Oc2ncc(N3CCOCC3)o2)cc1. The Morgan fingerprint density at radius 1 is 1.21 bits per heavy atom. The number of rotatable bonds is 5. The Balaban J connectivity index is 1.18. The first-order valence-electron chi connectivity index (χ1n) is 9.88. The molecular weight excluding hydrogens is 360 g/mol. The maximum absolute atomic E-state index is 12.5. The van der Waals surface area contributed by atoms with Crippen LogP contribution < -0.4 is 20.3 Å². The Labute approximate surface area is 163 Å². The minimum Gasteiger partial charge on any atom is -0.411 e. The highest BCUT2D eigenvalue weighted by Gasteiger charge is 2.39. The third kappa shape index (κ3) is 3.57. The average Bonchev–Trinajstić information content (AvgIpc) is 3.46. The molecule has 28 heavy (non-hydrogen) atoms. The summed E-state index contributed by atoms with van der Waals surface area (Å²) in [6.45, 7) is 2.91. The standard InChI is InChI=1S/C20H24N4O4/c25-19(23-17-11-14-3-6-16(17)22-14)13-1-4-15(5-2-13)27-20-21-12-18(28-20)24-7-9-26-10-8-24/h1-2,4-5,12,14,16-17,22H,3,6-11H2,(H,23,25)/t14-,16+,17-/m1/s1. The number of anilines is 1. The molecule has 3 fully saturated rings. The molecule has 3 aliphatic heterocycles. The Kier molecular flexibility index (Phi) is 4.66. The Hall–Kier alpha value is -2.58. The van der Waals surface area contributed by atoms with Crippen LogP contribution in [0, 0.1) is 0 Å². The Morgan fingerprint density at radius 3 is 2.75 bits per heavy atom. The predicted octanol–water partition coefficient (Wildman–Crippen LogP) is 1.93. The van der Waals surface area contributed by atoms with Crippen molar-refractivity contribution in [3.8, 4) is 11.8 Å². The Bertz CT molecular complexity index is 831. The molecule has 2 bridgehead atoms. The molecule has 2 N–H and O–H groups in total. The second-order valence-electron chi connectivity index (χ2n) is 7.55. The van der Waals surface area contributed by atoms with Crippen LogP contribution >= 0.6 is 0 Å². The van der Waals surface area contributed by atoms with Crippen LogP contribution in [0.2, 0.25) is 0 Å². The first kappa shape index (κ1) is 17.5. The lowest BCUT2D eigenvalue weighted by molar-refractivity contribution is 0.0931. The average molecular weight is 384 g/mol. The monoisotopic (exact) mass is 384 g/mol. The van der Waals surface area contributed by atoms with E-state index in [4.69, 9.17) is 13.9 Å². The summed E-state index contributed by atoms with van der Waals surface area (Å²) >= 11 is 0. The van der Waals surface area contributed by atoms with E-state index in [0.29, 0.717) is 42.5 Å². The number of hydrogen-bond donors (Lipinski definition) is 2. The summed E-state index contributed by atoms with van der Waals surface area (Å²) in [6, 6.07) is 8.25. The van der Waals surface area contributed by atoms with Crippen LogP contribution in [0.4, 0.5) is 5.88 Å². The molecule has 2 aromatic rings. The zero-order chi connectivity index (χ0) is 18.9. The number of aromatic nitrogens is 1. The highest BCUT2D eigenvalue weighted by molar-refractivity contribution is 5.94. The number of carbonyl (C=O) groups is 1. The lowest BCUT2D eigenvalue weighted by atomic mass is 9.95. The molecule has 8 nitrogen and oxygen atoms in total. The molecule has 0 radical (unpaired) electrons. The summed E-state index contributed by atoms with van der Waals surface area (Å²) in [5.74, 6) is 1.21. The lowest BCUT2D eigenvalue weighted by Crippen LogP contribution is -2.42. The number of morpholine rings is 1. The molecule has 3 atom stereocenters. The minimum atomic E-state index is -0.0448. The first-order chi connectivity index (χ1) is 13.7. The smallest absolute Gasteiger partial charge is 0.400 e. The van der Waals surface area contributed by atoms with Gasteiger partial charge in [0.1, 0.15) is 5.75 Å². The summed E-state index contributed by atoms with van der Waals surface area (Å²) in [5.41, 5.74) is 0.622. The van der Waals surface area contributed by atoms with E-state index in [-0.39, 0.29) is 18.0 Å². The van der Waals surface area contributed by atoms with Crippen molar-refractivity contribution in [1.82, 2.24) is 15.6 Å². The van der Waals surface area contributed by atoms with Crippen molar-refractivity contribution in [2.24, 2.45) is 0 Å². The van der Waals surface area contributed by atoms with Crippen LogP contribution in [0.15, 0.2) is 34.9 Å². The van der Waals surface area contributed by atoms with E-state index in [1.54, 1.807) is 30.5 Å². The third-order valence-corrected chi connectivity index (χ3v) is 5.73. The molecule has 0 unspecified atom stereocenters. The van der Waals surface area contributed by atoms with Crippen molar-refractivity contribution in [1.29, 1.82) is 0 Å². The number of benzene rings is 1. The fraction of sp³-hybridized carbons (Fsp3) is 0.500. The summed E-state index contributed by atoms with van der Waals surface area (Å²) in [7, 11) is 0. The normalized spacial score (nSPS) is 26.4. The zero-order valence-corrected chi connectivity index (χ0v) is 15.6. The number of hydrogen-bond acceptors (Lipinski definition) is 7. The topological polar surface area (TPSA) is 88.9 Å². The molecule has 1 aromatic heterocycles. The van der Waals surface area contributed by atoms with E-state index >= 15 is 0 Å². The Morgan fingerprint density at radius 2 is 2.04 bits per heavy atom. The molecule has 0 aliphatic carbocycles. The largest absolute Gasteiger partial charge is 0.411 e. The van der Waals surface area contributed by atoms with Gasteiger partial charge in [-0.15, -0.1) is 0 Å². The van der Waals surface area contributed by atoms with E-state index in [1.165, 1.54) is 6.42 Å².